The predicted molar refractivity (Wildman–Crippen MR) is 83.6 cm³/mol. The summed E-state index contributed by atoms with van der Waals surface area (Å²) in [6.45, 7) is 0. The van der Waals surface area contributed by atoms with E-state index in [1.54, 1.807) is 30.3 Å². The van der Waals surface area contributed by atoms with Gasteiger partial charge in [-0.3, -0.25) is 4.79 Å². The fourth-order valence-corrected chi connectivity index (χ4v) is 2.51. The average molecular weight is 350 g/mol. The zero-order chi connectivity index (χ0) is 18.2. The maximum atomic E-state index is 14.4. The summed E-state index contributed by atoms with van der Waals surface area (Å²) in [5, 5.41) is 1.41. The van der Waals surface area contributed by atoms with E-state index in [0.29, 0.717) is 29.7 Å². The van der Waals surface area contributed by atoms with Crippen LogP contribution in [0.5, 0.6) is 0 Å². The number of benzene rings is 3. The summed E-state index contributed by atoms with van der Waals surface area (Å²) >= 11 is 0. The molecule has 0 bridgehead atoms. The van der Waals surface area contributed by atoms with Crippen LogP contribution in [0.15, 0.2) is 66.7 Å². The molecule has 0 spiro atoms. The zero-order valence-corrected chi connectivity index (χ0v) is 12.6. The number of Topliss-reactive ketones (excluding diaryl/α,β-unsaturated/α-hetero) is 1. The monoisotopic (exact) mass is 350 g/mol. The first kappa shape index (κ1) is 17.1. The molecule has 0 unspecified atom stereocenters. The topological polar surface area (TPSA) is 17.1 Å². The number of alkyl halides is 5. The van der Waals surface area contributed by atoms with Gasteiger partial charge in [0.1, 0.15) is 0 Å². The van der Waals surface area contributed by atoms with Crippen LogP contribution in [0.3, 0.4) is 0 Å². The molecule has 1 nitrogen and oxygen atoms in total. The Balaban J connectivity index is 1.96. The third-order valence-electron chi connectivity index (χ3n) is 3.87. The maximum Gasteiger partial charge on any atom is 0.416 e. The van der Waals surface area contributed by atoms with Crippen molar-refractivity contribution in [1.29, 1.82) is 0 Å². The molecule has 0 heterocycles. The van der Waals surface area contributed by atoms with Crippen molar-refractivity contribution in [2.24, 2.45) is 0 Å². The van der Waals surface area contributed by atoms with Gasteiger partial charge in [0.25, 0.3) is 0 Å². The molecule has 0 amide bonds. The Morgan fingerprint density at radius 3 is 1.84 bits per heavy atom. The Hall–Kier alpha value is -2.76. The lowest BCUT2D eigenvalue weighted by Crippen LogP contribution is -2.26. The summed E-state index contributed by atoms with van der Waals surface area (Å²) in [6.07, 6.45) is -4.63. The first-order valence-electron chi connectivity index (χ1n) is 7.29. The van der Waals surface area contributed by atoms with Crippen LogP contribution in [0.1, 0.15) is 21.5 Å². The van der Waals surface area contributed by atoms with E-state index in [1.807, 2.05) is 0 Å². The van der Waals surface area contributed by atoms with E-state index in [1.165, 1.54) is 12.1 Å². The number of carbonyl (C=O) groups is 1. The van der Waals surface area contributed by atoms with Gasteiger partial charge in [0.2, 0.25) is 5.78 Å². The van der Waals surface area contributed by atoms with E-state index < -0.39 is 29.0 Å². The third kappa shape index (κ3) is 3.24. The second-order valence-corrected chi connectivity index (χ2v) is 5.54. The first-order chi connectivity index (χ1) is 11.7. The molecule has 0 radical (unpaired) electrons. The predicted octanol–water partition coefficient (Wildman–Crippen LogP) is 5.83. The molecule has 0 aliphatic rings. The second kappa shape index (κ2) is 5.95. The summed E-state index contributed by atoms with van der Waals surface area (Å²) < 4.78 is 66.5. The van der Waals surface area contributed by atoms with E-state index in [4.69, 9.17) is 0 Å². The Kier molecular flexibility index (Phi) is 4.06. The quantitative estimate of drug-likeness (QED) is 0.429. The van der Waals surface area contributed by atoms with Gasteiger partial charge in [-0.25, -0.2) is 0 Å². The summed E-state index contributed by atoms with van der Waals surface area (Å²) in [6, 6.07) is 13.5. The lowest BCUT2D eigenvalue weighted by Gasteiger charge is -2.17. The van der Waals surface area contributed by atoms with Gasteiger partial charge < -0.3 is 0 Å². The fourth-order valence-electron chi connectivity index (χ4n) is 2.51. The average Bonchev–Trinajstić information content (AvgIpc) is 2.60. The van der Waals surface area contributed by atoms with Crippen molar-refractivity contribution in [3.05, 3.63) is 83.4 Å². The van der Waals surface area contributed by atoms with Gasteiger partial charge in [-0.1, -0.05) is 48.5 Å². The Labute approximate surface area is 139 Å². The standard InChI is InChI=1S/C19H11F5O/c20-18(21,15-7-9-16(10-8-15)19(22,23)24)17(25)14-6-5-12-3-1-2-4-13(12)11-14/h1-11H. The molecule has 0 saturated carbocycles. The van der Waals surface area contributed by atoms with E-state index in [-0.39, 0.29) is 5.56 Å². The van der Waals surface area contributed by atoms with Crippen molar-refractivity contribution in [2.45, 2.75) is 12.1 Å². The number of rotatable bonds is 3. The molecule has 3 aromatic carbocycles. The van der Waals surface area contributed by atoms with Crippen LogP contribution >= 0.6 is 0 Å². The van der Waals surface area contributed by atoms with Crippen molar-refractivity contribution >= 4 is 16.6 Å². The first-order valence-corrected chi connectivity index (χ1v) is 7.29. The van der Waals surface area contributed by atoms with E-state index in [9.17, 15) is 26.7 Å². The molecule has 0 N–H and O–H groups in total. The molecule has 6 heteroatoms. The molecule has 128 valence electrons. The Morgan fingerprint density at radius 1 is 0.680 bits per heavy atom. The number of ketones is 1. The van der Waals surface area contributed by atoms with Gasteiger partial charge in [0.15, 0.2) is 0 Å². The largest absolute Gasteiger partial charge is 0.416 e. The summed E-state index contributed by atoms with van der Waals surface area (Å²) in [5.74, 6) is -5.38. The minimum atomic E-state index is -4.63. The molecule has 3 rings (SSSR count). The van der Waals surface area contributed by atoms with Crippen LogP contribution < -0.4 is 0 Å². The Morgan fingerprint density at radius 2 is 1.24 bits per heavy atom. The highest BCUT2D eigenvalue weighted by Crippen LogP contribution is 2.35. The van der Waals surface area contributed by atoms with Crippen molar-refractivity contribution in [3.8, 4) is 0 Å². The van der Waals surface area contributed by atoms with Gasteiger partial charge in [0.05, 0.1) is 5.56 Å². The Bertz CT molecular complexity index is 926. The molecule has 0 aromatic heterocycles. The minimum absolute atomic E-state index is 0.205. The molecule has 3 aromatic rings. The SMILES string of the molecule is O=C(c1ccc2ccccc2c1)C(F)(F)c1ccc(C(F)(F)F)cc1. The van der Waals surface area contributed by atoms with Gasteiger partial charge >= 0.3 is 12.1 Å². The molecule has 0 atom stereocenters. The fraction of sp³-hybridized carbons (Fsp3) is 0.105. The van der Waals surface area contributed by atoms with E-state index >= 15 is 0 Å². The minimum Gasteiger partial charge on any atom is -0.287 e. The van der Waals surface area contributed by atoms with Gasteiger partial charge in [-0.2, -0.15) is 22.0 Å². The van der Waals surface area contributed by atoms with Crippen molar-refractivity contribution < 1.29 is 26.7 Å². The lowest BCUT2D eigenvalue weighted by molar-refractivity contribution is -0.137. The van der Waals surface area contributed by atoms with Crippen LogP contribution in [-0.2, 0) is 12.1 Å². The highest BCUT2D eigenvalue weighted by Gasteiger charge is 2.42. The molecular weight excluding hydrogens is 339 g/mol. The zero-order valence-electron chi connectivity index (χ0n) is 12.6. The lowest BCUT2D eigenvalue weighted by atomic mass is 9.96. The highest BCUT2D eigenvalue weighted by molar-refractivity contribution is 6.04. The van der Waals surface area contributed by atoms with Crippen LogP contribution in [0, 0.1) is 0 Å². The molecule has 25 heavy (non-hydrogen) atoms. The van der Waals surface area contributed by atoms with E-state index in [2.05, 4.69) is 0 Å². The van der Waals surface area contributed by atoms with Gasteiger partial charge in [-0.05, 0) is 29.0 Å². The van der Waals surface area contributed by atoms with Crippen molar-refractivity contribution in [3.63, 3.8) is 0 Å². The smallest absolute Gasteiger partial charge is 0.287 e. The molecule has 0 fully saturated rings. The summed E-state index contributed by atoms with van der Waals surface area (Å²) in [5.41, 5.74) is -2.03. The number of hydrogen-bond donors (Lipinski definition) is 0. The summed E-state index contributed by atoms with van der Waals surface area (Å²) in [4.78, 5) is 12.2. The second-order valence-electron chi connectivity index (χ2n) is 5.54. The third-order valence-corrected chi connectivity index (χ3v) is 3.87. The van der Waals surface area contributed by atoms with Crippen LogP contribution in [0.4, 0.5) is 22.0 Å². The highest BCUT2D eigenvalue weighted by atomic mass is 19.4. The van der Waals surface area contributed by atoms with Crippen LogP contribution in [-0.4, -0.2) is 5.78 Å². The van der Waals surface area contributed by atoms with Gasteiger partial charge in [0, 0.05) is 11.1 Å². The number of carbonyl (C=O) groups excluding carboxylic acids is 1. The normalized spacial score (nSPS) is 12.4. The molecule has 0 aliphatic carbocycles. The number of fused-ring (bicyclic) bond motifs is 1. The molecule has 0 saturated heterocycles. The van der Waals surface area contributed by atoms with Crippen LogP contribution in [0.25, 0.3) is 10.8 Å². The number of hydrogen-bond acceptors (Lipinski definition) is 1. The van der Waals surface area contributed by atoms with Crippen molar-refractivity contribution in [1.82, 2.24) is 0 Å². The maximum absolute atomic E-state index is 14.4. The number of halogens is 5. The van der Waals surface area contributed by atoms with E-state index in [0.717, 1.165) is 5.39 Å². The van der Waals surface area contributed by atoms with Gasteiger partial charge in [-0.15, -0.1) is 0 Å². The molecule has 0 aliphatic heterocycles. The van der Waals surface area contributed by atoms with Crippen molar-refractivity contribution in [2.75, 3.05) is 0 Å². The van der Waals surface area contributed by atoms with Crippen LogP contribution in [0.2, 0.25) is 0 Å². The summed E-state index contributed by atoms with van der Waals surface area (Å²) in [7, 11) is 0. The molecular formula is C19H11F5O.